The van der Waals surface area contributed by atoms with E-state index in [0.717, 1.165) is 88.1 Å². The van der Waals surface area contributed by atoms with E-state index in [1.165, 1.54) is 12.8 Å². The second-order valence-electron chi connectivity index (χ2n) is 12.5. The first-order chi connectivity index (χ1) is 20.4. The average molecular weight is 576 g/mol. The number of carbonyl (C=O) groups excluding carboxylic acids is 2. The highest BCUT2D eigenvalue weighted by Gasteiger charge is 2.41. The first-order valence-corrected chi connectivity index (χ1v) is 15.9. The highest BCUT2D eigenvalue weighted by atomic mass is 16.5. The monoisotopic (exact) mass is 575 g/mol. The van der Waals surface area contributed by atoms with Crippen LogP contribution in [-0.4, -0.2) is 78.1 Å². The minimum atomic E-state index is -0.225. The van der Waals surface area contributed by atoms with Crippen LogP contribution >= 0.6 is 0 Å². The van der Waals surface area contributed by atoms with E-state index in [-0.39, 0.29) is 30.0 Å². The minimum absolute atomic E-state index is 0.0667. The van der Waals surface area contributed by atoms with Gasteiger partial charge in [-0.05, 0) is 96.1 Å². The van der Waals surface area contributed by atoms with Crippen molar-refractivity contribution in [2.45, 2.75) is 102 Å². The van der Waals surface area contributed by atoms with Gasteiger partial charge in [-0.2, -0.15) is 4.98 Å². The van der Waals surface area contributed by atoms with Crippen LogP contribution in [0.25, 0.3) is 0 Å². The fourth-order valence-electron chi connectivity index (χ4n) is 7.04. The van der Waals surface area contributed by atoms with Gasteiger partial charge in [0.2, 0.25) is 11.9 Å². The Balaban J connectivity index is 1.28. The summed E-state index contributed by atoms with van der Waals surface area (Å²) < 4.78 is 6.49. The smallest absolute Gasteiger partial charge is 0.251 e. The molecule has 42 heavy (non-hydrogen) atoms. The van der Waals surface area contributed by atoms with Crippen molar-refractivity contribution in [2.24, 2.45) is 0 Å². The third-order valence-electron chi connectivity index (χ3n) is 9.55. The highest BCUT2D eigenvalue weighted by Crippen LogP contribution is 2.40. The average Bonchev–Trinajstić information content (AvgIpc) is 3.72. The second kappa shape index (κ2) is 12.5. The van der Waals surface area contributed by atoms with Crippen LogP contribution in [0, 0.1) is 0 Å². The van der Waals surface area contributed by atoms with E-state index in [9.17, 15) is 9.59 Å². The highest BCUT2D eigenvalue weighted by molar-refractivity contribution is 6.04. The van der Waals surface area contributed by atoms with Crippen LogP contribution in [0.4, 0.5) is 23.1 Å². The molecule has 4 aliphatic rings. The molecule has 2 N–H and O–H groups in total. The molecule has 2 saturated carbocycles. The fraction of sp³-hybridized carbons (Fsp3) is 0.625. The van der Waals surface area contributed by atoms with E-state index in [2.05, 4.69) is 39.4 Å². The first kappa shape index (κ1) is 28.7. The van der Waals surface area contributed by atoms with Gasteiger partial charge in [0, 0.05) is 24.7 Å². The minimum Gasteiger partial charge on any atom is -0.488 e. The van der Waals surface area contributed by atoms with Gasteiger partial charge in [0.15, 0.2) is 5.82 Å². The van der Waals surface area contributed by atoms with Gasteiger partial charge in [-0.15, -0.1) is 0 Å². The molecular formula is C32H45N7O3. The fourth-order valence-corrected chi connectivity index (χ4v) is 7.04. The molecule has 0 radical (unpaired) electrons. The third-order valence-corrected chi connectivity index (χ3v) is 9.55. The Morgan fingerprint density at radius 3 is 2.45 bits per heavy atom. The maximum atomic E-state index is 13.3. The van der Waals surface area contributed by atoms with Crippen LogP contribution in [0.5, 0.6) is 5.75 Å². The quantitative estimate of drug-likeness (QED) is 0.460. The number of likely N-dealkylation sites (tertiary alicyclic amines) is 1. The predicted octanol–water partition coefficient (Wildman–Crippen LogP) is 4.87. The van der Waals surface area contributed by atoms with Crippen LogP contribution in [0.3, 0.4) is 0 Å². The zero-order valence-corrected chi connectivity index (χ0v) is 25.3. The van der Waals surface area contributed by atoms with Crippen molar-refractivity contribution in [2.75, 3.05) is 42.3 Å². The summed E-state index contributed by atoms with van der Waals surface area (Å²) >= 11 is 0. The molecule has 0 spiro atoms. The second-order valence-corrected chi connectivity index (χ2v) is 12.5. The number of anilines is 4. The molecule has 226 valence electrons. The lowest BCUT2D eigenvalue weighted by Gasteiger charge is -2.43. The summed E-state index contributed by atoms with van der Waals surface area (Å²) in [4.78, 5) is 42.4. The van der Waals surface area contributed by atoms with Crippen molar-refractivity contribution in [3.63, 3.8) is 0 Å². The van der Waals surface area contributed by atoms with Crippen molar-refractivity contribution >= 4 is 35.0 Å². The van der Waals surface area contributed by atoms with Gasteiger partial charge in [-0.3, -0.25) is 9.59 Å². The summed E-state index contributed by atoms with van der Waals surface area (Å²) in [7, 11) is 3.93. The van der Waals surface area contributed by atoms with Gasteiger partial charge in [0.25, 0.3) is 5.91 Å². The van der Waals surface area contributed by atoms with Crippen molar-refractivity contribution in [3.8, 4) is 5.75 Å². The molecule has 2 aliphatic carbocycles. The van der Waals surface area contributed by atoms with Gasteiger partial charge in [-0.25, -0.2) is 4.98 Å². The Bertz CT molecular complexity index is 1280. The Labute approximate surface area is 249 Å². The lowest BCUT2D eigenvalue weighted by atomic mass is 10.0. The molecule has 2 aromatic rings. The number of hydrogen-bond donors (Lipinski definition) is 2. The van der Waals surface area contributed by atoms with Gasteiger partial charge < -0.3 is 30.1 Å². The molecule has 3 heterocycles. The molecular weight excluding hydrogens is 530 g/mol. The van der Waals surface area contributed by atoms with E-state index in [1.807, 2.05) is 25.2 Å². The Morgan fingerprint density at radius 1 is 1.02 bits per heavy atom. The number of rotatable bonds is 8. The first-order valence-electron chi connectivity index (χ1n) is 15.9. The molecule has 3 fully saturated rings. The summed E-state index contributed by atoms with van der Waals surface area (Å²) in [6, 6.07) is 5.87. The van der Waals surface area contributed by atoms with Crippen LogP contribution in [-0.2, 0) is 4.79 Å². The molecule has 1 aromatic carbocycles. The normalized spacial score (nSPS) is 22.5. The maximum Gasteiger partial charge on any atom is 0.251 e. The molecule has 0 bridgehead atoms. The largest absolute Gasteiger partial charge is 0.488 e. The zero-order valence-electron chi connectivity index (χ0n) is 25.3. The van der Waals surface area contributed by atoms with Crippen LogP contribution in [0.1, 0.15) is 87.9 Å². The Morgan fingerprint density at radius 2 is 1.74 bits per heavy atom. The molecule has 2 amide bonds. The number of fused-ring (bicyclic) bond motifs is 1. The number of benzene rings is 1. The Hall–Kier alpha value is -3.40. The summed E-state index contributed by atoms with van der Waals surface area (Å²) in [5.41, 5.74) is 2.07. The number of nitrogens with one attached hydrogen (secondary N) is 2. The predicted molar refractivity (Wildman–Crippen MR) is 165 cm³/mol. The van der Waals surface area contributed by atoms with Gasteiger partial charge in [0.05, 0.1) is 18.0 Å². The van der Waals surface area contributed by atoms with Crippen LogP contribution < -0.4 is 25.2 Å². The Kier molecular flexibility index (Phi) is 8.51. The number of ether oxygens (including phenoxy) is 1. The zero-order chi connectivity index (χ0) is 29.2. The topological polar surface area (TPSA) is 103 Å². The summed E-state index contributed by atoms with van der Waals surface area (Å²) in [6.07, 6.45) is 13.3. The van der Waals surface area contributed by atoms with Gasteiger partial charge >= 0.3 is 0 Å². The molecule has 10 heteroatoms. The van der Waals surface area contributed by atoms with Crippen molar-refractivity contribution in [1.82, 2.24) is 20.2 Å². The van der Waals surface area contributed by atoms with Crippen molar-refractivity contribution < 1.29 is 14.3 Å². The molecule has 2 aliphatic heterocycles. The van der Waals surface area contributed by atoms with Crippen LogP contribution in [0.2, 0.25) is 0 Å². The molecule has 1 atom stereocenters. The number of piperidine rings is 1. The molecule has 10 nitrogen and oxygen atoms in total. The molecule has 6 rings (SSSR count). The number of carbonyl (C=O) groups is 2. The number of aromatic nitrogens is 2. The van der Waals surface area contributed by atoms with E-state index >= 15 is 0 Å². The van der Waals surface area contributed by atoms with E-state index in [1.54, 1.807) is 11.1 Å². The lowest BCUT2D eigenvalue weighted by molar-refractivity contribution is -0.120. The lowest BCUT2D eigenvalue weighted by Crippen LogP contribution is -2.55. The van der Waals surface area contributed by atoms with E-state index < -0.39 is 0 Å². The molecule has 1 unspecified atom stereocenters. The van der Waals surface area contributed by atoms with Gasteiger partial charge in [0.1, 0.15) is 17.5 Å². The van der Waals surface area contributed by atoms with Crippen molar-refractivity contribution in [3.05, 3.63) is 30.0 Å². The number of amides is 2. The standard InChI is InChI=1S/C32H45N7O3/c1-4-26-31(41)38(3)27-20-33-32(36-29(27)39(26)23-9-5-6-10-23)35-25-14-13-21(19-28(25)42-24-11-7-8-12-24)30(40)34-22-15-17-37(2)18-16-22/h13-14,19-20,22-24,26H,4-12,15-18H2,1-3H3,(H,34,40)(H,33,35,36). The van der Waals surface area contributed by atoms with Gasteiger partial charge in [-0.1, -0.05) is 19.8 Å². The summed E-state index contributed by atoms with van der Waals surface area (Å²) in [5, 5.41) is 6.63. The number of nitrogens with zero attached hydrogens (tertiary/aromatic N) is 5. The summed E-state index contributed by atoms with van der Waals surface area (Å²) in [6.45, 7) is 4.05. The number of hydrogen-bond acceptors (Lipinski definition) is 8. The van der Waals surface area contributed by atoms with Crippen molar-refractivity contribution in [1.29, 1.82) is 0 Å². The third kappa shape index (κ3) is 5.91. The van der Waals surface area contributed by atoms with E-state index in [0.29, 0.717) is 23.3 Å². The summed E-state index contributed by atoms with van der Waals surface area (Å²) in [5.74, 6) is 1.94. The van der Waals surface area contributed by atoms with Crippen LogP contribution in [0.15, 0.2) is 24.4 Å². The number of likely N-dealkylation sites (N-methyl/N-ethyl adjacent to an activating group) is 1. The SMILES string of the molecule is CCC1C(=O)N(C)c2cnc(Nc3ccc(C(=O)NC4CCN(C)CC4)cc3OC3CCCC3)nc2N1C1CCCC1. The molecule has 1 aromatic heterocycles. The molecule has 1 saturated heterocycles. The maximum absolute atomic E-state index is 13.3. The van der Waals surface area contributed by atoms with E-state index in [4.69, 9.17) is 9.72 Å².